The molecule has 4 nitrogen and oxygen atoms in total. The number of nitrogens with zero attached hydrogens (tertiary/aromatic N) is 2. The first-order valence-electron chi connectivity index (χ1n) is 3.05. The topological polar surface area (TPSA) is 65.8 Å². The molecule has 1 N–H and O–H groups in total. The second-order valence-corrected chi connectivity index (χ2v) is 1.93. The Hall–Kier alpha value is -1.96. The van der Waals surface area contributed by atoms with Crippen molar-refractivity contribution in [3.8, 4) is 6.19 Å². The lowest BCUT2D eigenvalue weighted by Gasteiger charge is -1.95. The van der Waals surface area contributed by atoms with E-state index in [9.17, 15) is 9.18 Å². The van der Waals surface area contributed by atoms with Crippen molar-refractivity contribution in [1.82, 2.24) is 10.3 Å². The van der Waals surface area contributed by atoms with E-state index in [-0.39, 0.29) is 5.56 Å². The highest BCUT2D eigenvalue weighted by molar-refractivity contribution is 5.94. The van der Waals surface area contributed by atoms with Crippen LogP contribution in [0.15, 0.2) is 18.3 Å². The average Bonchev–Trinajstić information content (AvgIpc) is 2.05. The maximum atomic E-state index is 12.4. The average molecular weight is 165 g/mol. The molecule has 0 atom stereocenters. The van der Waals surface area contributed by atoms with Gasteiger partial charge in [0.2, 0.25) is 5.95 Å². The highest BCUT2D eigenvalue weighted by atomic mass is 19.1. The van der Waals surface area contributed by atoms with E-state index in [1.807, 2.05) is 5.32 Å². The van der Waals surface area contributed by atoms with Crippen LogP contribution in [0.25, 0.3) is 0 Å². The van der Waals surface area contributed by atoms with Gasteiger partial charge in [-0.3, -0.25) is 10.1 Å². The van der Waals surface area contributed by atoms with E-state index in [2.05, 4.69) is 4.98 Å². The Morgan fingerprint density at radius 2 is 2.50 bits per heavy atom. The normalized spacial score (nSPS) is 8.67. The summed E-state index contributed by atoms with van der Waals surface area (Å²) in [6.07, 6.45) is 2.60. The Morgan fingerprint density at radius 3 is 3.08 bits per heavy atom. The van der Waals surface area contributed by atoms with Crippen molar-refractivity contribution in [2.24, 2.45) is 0 Å². The van der Waals surface area contributed by atoms with E-state index in [0.717, 1.165) is 12.3 Å². The maximum Gasteiger partial charge on any atom is 0.264 e. The third-order valence-electron chi connectivity index (χ3n) is 1.16. The minimum atomic E-state index is -0.749. The third-order valence-corrected chi connectivity index (χ3v) is 1.16. The van der Waals surface area contributed by atoms with E-state index in [4.69, 9.17) is 5.26 Å². The van der Waals surface area contributed by atoms with Crippen LogP contribution in [-0.2, 0) is 0 Å². The fraction of sp³-hybridized carbons (Fsp3) is 0. The molecular weight excluding hydrogens is 161 g/mol. The van der Waals surface area contributed by atoms with Gasteiger partial charge in [0.15, 0.2) is 6.19 Å². The summed E-state index contributed by atoms with van der Waals surface area (Å²) in [5, 5.41) is 9.94. The monoisotopic (exact) mass is 165 g/mol. The minimum absolute atomic E-state index is 0.0732. The lowest BCUT2D eigenvalue weighted by Crippen LogP contribution is -2.17. The molecule has 0 saturated carbocycles. The number of hydrogen-bond donors (Lipinski definition) is 1. The number of rotatable bonds is 1. The smallest absolute Gasteiger partial charge is 0.264 e. The molecule has 0 aliphatic heterocycles. The zero-order valence-electron chi connectivity index (χ0n) is 5.91. The number of hydrogen-bond acceptors (Lipinski definition) is 3. The molecule has 5 heteroatoms. The number of carbonyl (C=O) groups is 1. The van der Waals surface area contributed by atoms with Gasteiger partial charge in [-0.25, -0.2) is 4.98 Å². The fourth-order valence-corrected chi connectivity index (χ4v) is 0.667. The molecule has 1 rings (SSSR count). The Kier molecular flexibility index (Phi) is 2.33. The van der Waals surface area contributed by atoms with Crippen LogP contribution in [0.4, 0.5) is 4.39 Å². The van der Waals surface area contributed by atoms with E-state index in [0.29, 0.717) is 0 Å². The van der Waals surface area contributed by atoms with E-state index in [1.165, 1.54) is 12.3 Å². The zero-order chi connectivity index (χ0) is 8.97. The van der Waals surface area contributed by atoms with Gasteiger partial charge in [0.25, 0.3) is 5.91 Å². The predicted molar refractivity (Wildman–Crippen MR) is 37.3 cm³/mol. The minimum Gasteiger partial charge on any atom is -0.268 e. The number of amides is 1. The molecule has 0 fully saturated rings. The van der Waals surface area contributed by atoms with Crippen molar-refractivity contribution in [2.75, 3.05) is 0 Å². The van der Waals surface area contributed by atoms with Gasteiger partial charge in [-0.1, -0.05) is 0 Å². The van der Waals surface area contributed by atoms with Gasteiger partial charge in [-0.2, -0.15) is 9.65 Å². The molecule has 1 amide bonds. The number of nitriles is 1. The number of halogens is 1. The van der Waals surface area contributed by atoms with Crippen LogP contribution in [0, 0.1) is 17.4 Å². The first-order valence-corrected chi connectivity index (χ1v) is 3.05. The first-order chi connectivity index (χ1) is 5.74. The van der Waals surface area contributed by atoms with Crippen LogP contribution >= 0.6 is 0 Å². The van der Waals surface area contributed by atoms with Gasteiger partial charge in [-0.15, -0.1) is 0 Å². The molecule has 1 heterocycles. The molecule has 60 valence electrons. The van der Waals surface area contributed by atoms with Crippen LogP contribution in [0.5, 0.6) is 0 Å². The summed E-state index contributed by atoms with van der Waals surface area (Å²) in [7, 11) is 0. The molecule has 0 saturated heterocycles. The third kappa shape index (κ3) is 1.76. The van der Waals surface area contributed by atoms with Crippen LogP contribution < -0.4 is 5.32 Å². The summed E-state index contributed by atoms with van der Waals surface area (Å²) >= 11 is 0. The quantitative estimate of drug-likeness (QED) is 0.373. The molecule has 0 aromatic carbocycles. The summed E-state index contributed by atoms with van der Waals surface area (Å²) in [4.78, 5) is 14.1. The van der Waals surface area contributed by atoms with Crippen molar-refractivity contribution >= 4 is 5.91 Å². The van der Waals surface area contributed by atoms with E-state index < -0.39 is 11.9 Å². The molecule has 0 aliphatic rings. The zero-order valence-corrected chi connectivity index (χ0v) is 5.91. The molecule has 0 radical (unpaired) electrons. The van der Waals surface area contributed by atoms with Gasteiger partial charge in [0.05, 0.1) is 0 Å². The van der Waals surface area contributed by atoms with E-state index in [1.54, 1.807) is 0 Å². The first kappa shape index (κ1) is 8.14. The van der Waals surface area contributed by atoms with E-state index >= 15 is 0 Å². The molecule has 1 aromatic heterocycles. The summed E-state index contributed by atoms with van der Waals surface area (Å²) < 4.78 is 12.4. The maximum absolute atomic E-state index is 12.4. The van der Waals surface area contributed by atoms with Crippen molar-refractivity contribution in [1.29, 1.82) is 5.26 Å². The summed E-state index contributed by atoms with van der Waals surface area (Å²) in [5.41, 5.74) is 0.0732. The second-order valence-electron chi connectivity index (χ2n) is 1.93. The molecule has 0 spiro atoms. The van der Waals surface area contributed by atoms with Crippen LogP contribution in [0.2, 0.25) is 0 Å². The number of aromatic nitrogens is 1. The number of carbonyl (C=O) groups excluding carboxylic acids is 1. The number of pyridine rings is 1. The highest BCUT2D eigenvalue weighted by Gasteiger charge is 2.04. The lowest BCUT2D eigenvalue weighted by molar-refractivity contribution is 0.0972. The molecule has 1 aromatic rings. The highest BCUT2D eigenvalue weighted by Crippen LogP contribution is 1.99. The van der Waals surface area contributed by atoms with Gasteiger partial charge in [0.1, 0.15) is 0 Å². The van der Waals surface area contributed by atoms with Gasteiger partial charge >= 0.3 is 0 Å². The Labute approximate surface area is 67.7 Å². The Morgan fingerprint density at radius 1 is 1.75 bits per heavy atom. The predicted octanol–water partition coefficient (Wildman–Crippen LogP) is 0.432. The van der Waals surface area contributed by atoms with Crippen LogP contribution in [0.3, 0.4) is 0 Å². The molecule has 0 aliphatic carbocycles. The number of nitrogens with one attached hydrogen (secondary N) is 1. The van der Waals surface area contributed by atoms with Crippen molar-refractivity contribution in [2.45, 2.75) is 0 Å². The van der Waals surface area contributed by atoms with Crippen molar-refractivity contribution < 1.29 is 9.18 Å². The van der Waals surface area contributed by atoms with Gasteiger partial charge < -0.3 is 0 Å². The summed E-state index contributed by atoms with van der Waals surface area (Å²) in [6, 6.07) is 2.27. The lowest BCUT2D eigenvalue weighted by atomic mass is 10.2. The Balaban J connectivity index is 2.90. The molecule has 0 bridgehead atoms. The standard InChI is InChI=1S/C7H4FN3O/c8-6-3-5(1-2-10-6)7(12)11-4-9/h1-3H,(H,11,12). The largest absolute Gasteiger partial charge is 0.268 e. The second kappa shape index (κ2) is 3.44. The van der Waals surface area contributed by atoms with Crippen molar-refractivity contribution in [3.05, 3.63) is 29.8 Å². The Bertz CT molecular complexity index is 345. The molecular formula is C7H4FN3O. The van der Waals surface area contributed by atoms with Crippen LogP contribution in [0.1, 0.15) is 10.4 Å². The van der Waals surface area contributed by atoms with Crippen LogP contribution in [-0.4, -0.2) is 10.9 Å². The summed E-state index contributed by atoms with van der Waals surface area (Å²) in [6.45, 7) is 0. The molecule has 12 heavy (non-hydrogen) atoms. The van der Waals surface area contributed by atoms with Gasteiger partial charge in [0, 0.05) is 17.8 Å². The van der Waals surface area contributed by atoms with Crippen molar-refractivity contribution in [3.63, 3.8) is 0 Å². The molecule has 0 unspecified atom stereocenters. The SMILES string of the molecule is N#CNC(=O)c1ccnc(F)c1. The fourth-order valence-electron chi connectivity index (χ4n) is 0.667. The summed E-state index contributed by atoms with van der Waals surface area (Å²) in [5.74, 6) is -1.39. The van der Waals surface area contributed by atoms with Gasteiger partial charge in [-0.05, 0) is 6.07 Å².